The lowest BCUT2D eigenvalue weighted by atomic mass is 10.2. The summed E-state index contributed by atoms with van der Waals surface area (Å²) in [5.74, 6) is 0.0221. The van der Waals surface area contributed by atoms with E-state index in [0.29, 0.717) is 17.7 Å². The molecule has 0 unspecified atom stereocenters. The van der Waals surface area contributed by atoms with Gasteiger partial charge in [0.2, 0.25) is 5.89 Å². The van der Waals surface area contributed by atoms with Crippen LogP contribution in [0.2, 0.25) is 0 Å². The minimum atomic E-state index is -4.56. The molecule has 3 nitrogen and oxygen atoms in total. The molecule has 0 spiro atoms. The van der Waals surface area contributed by atoms with Crippen molar-refractivity contribution in [2.45, 2.75) is 26.6 Å². The molecule has 20 heavy (non-hydrogen) atoms. The fourth-order valence-corrected chi connectivity index (χ4v) is 1.62. The summed E-state index contributed by atoms with van der Waals surface area (Å²) in [6.07, 6.45) is -4.56. The Morgan fingerprint density at radius 1 is 1.25 bits per heavy atom. The SMILES string of the molecule is Cc1nc(CNc2ccc(C(F)(F)F)cc2F)oc1C. The topological polar surface area (TPSA) is 38.1 Å². The largest absolute Gasteiger partial charge is 0.444 e. The van der Waals surface area contributed by atoms with Crippen molar-refractivity contribution in [3.05, 3.63) is 46.9 Å². The number of anilines is 1. The summed E-state index contributed by atoms with van der Waals surface area (Å²) in [6.45, 7) is 3.60. The van der Waals surface area contributed by atoms with Crippen LogP contribution in [0.4, 0.5) is 23.2 Å². The molecule has 7 heteroatoms. The van der Waals surface area contributed by atoms with Gasteiger partial charge in [0.25, 0.3) is 0 Å². The van der Waals surface area contributed by atoms with E-state index in [1.165, 1.54) is 0 Å². The van der Waals surface area contributed by atoms with Crippen LogP contribution in [0, 0.1) is 19.7 Å². The fourth-order valence-electron chi connectivity index (χ4n) is 1.62. The second-order valence-electron chi connectivity index (χ2n) is 4.30. The monoisotopic (exact) mass is 288 g/mol. The molecule has 0 aliphatic heterocycles. The molecule has 108 valence electrons. The molecule has 0 aliphatic carbocycles. The molecule has 0 amide bonds. The predicted molar refractivity (Wildman–Crippen MR) is 64.7 cm³/mol. The summed E-state index contributed by atoms with van der Waals surface area (Å²) in [7, 11) is 0. The Hall–Kier alpha value is -2.05. The molecule has 1 N–H and O–H groups in total. The van der Waals surface area contributed by atoms with Gasteiger partial charge in [-0.1, -0.05) is 0 Å². The molecule has 1 aromatic carbocycles. The highest BCUT2D eigenvalue weighted by atomic mass is 19.4. The van der Waals surface area contributed by atoms with Crippen molar-refractivity contribution in [3.63, 3.8) is 0 Å². The van der Waals surface area contributed by atoms with Gasteiger partial charge < -0.3 is 9.73 Å². The van der Waals surface area contributed by atoms with Crippen LogP contribution < -0.4 is 5.32 Å². The number of hydrogen-bond donors (Lipinski definition) is 1. The zero-order chi connectivity index (χ0) is 14.9. The zero-order valence-electron chi connectivity index (χ0n) is 10.8. The second-order valence-corrected chi connectivity index (χ2v) is 4.30. The van der Waals surface area contributed by atoms with E-state index >= 15 is 0 Å². The van der Waals surface area contributed by atoms with E-state index in [0.717, 1.165) is 17.8 Å². The number of aryl methyl sites for hydroxylation is 2. The average molecular weight is 288 g/mol. The fraction of sp³-hybridized carbons (Fsp3) is 0.308. The molecule has 0 aliphatic rings. The van der Waals surface area contributed by atoms with Crippen molar-refractivity contribution in [2.24, 2.45) is 0 Å². The van der Waals surface area contributed by atoms with Crippen molar-refractivity contribution < 1.29 is 22.0 Å². The summed E-state index contributed by atoms with van der Waals surface area (Å²) >= 11 is 0. The van der Waals surface area contributed by atoms with Crippen molar-refractivity contribution >= 4 is 5.69 Å². The van der Waals surface area contributed by atoms with Gasteiger partial charge in [-0.15, -0.1) is 0 Å². The van der Waals surface area contributed by atoms with Crippen LogP contribution in [0.25, 0.3) is 0 Å². The third-order valence-electron chi connectivity index (χ3n) is 2.80. The third-order valence-corrected chi connectivity index (χ3v) is 2.80. The number of rotatable bonds is 3. The molecule has 0 saturated carbocycles. The molecule has 2 rings (SSSR count). The Balaban J connectivity index is 2.10. The molecule has 0 atom stereocenters. The Morgan fingerprint density at radius 3 is 2.45 bits per heavy atom. The van der Waals surface area contributed by atoms with Crippen LogP contribution >= 0.6 is 0 Å². The molecular formula is C13H12F4N2O. The van der Waals surface area contributed by atoms with Crippen molar-refractivity contribution in [3.8, 4) is 0 Å². The van der Waals surface area contributed by atoms with Crippen molar-refractivity contribution in [1.82, 2.24) is 4.98 Å². The average Bonchev–Trinajstić information content (AvgIpc) is 2.66. The summed E-state index contributed by atoms with van der Waals surface area (Å²) in [5, 5.41) is 2.65. The van der Waals surface area contributed by atoms with Gasteiger partial charge in [-0.05, 0) is 32.0 Å². The number of aromatic nitrogens is 1. The predicted octanol–water partition coefficient (Wildman–Crippen LogP) is 4.06. The molecule has 0 fully saturated rings. The number of oxazole rings is 1. The number of hydrogen-bond acceptors (Lipinski definition) is 3. The van der Waals surface area contributed by atoms with Gasteiger partial charge in [0.1, 0.15) is 11.6 Å². The van der Waals surface area contributed by atoms with Crippen LogP contribution in [0.3, 0.4) is 0 Å². The molecule has 0 radical (unpaired) electrons. The van der Waals surface area contributed by atoms with E-state index in [1.54, 1.807) is 13.8 Å². The Labute approximate surface area is 112 Å². The highest BCUT2D eigenvalue weighted by Crippen LogP contribution is 2.31. The first-order valence-electron chi connectivity index (χ1n) is 5.81. The Kier molecular flexibility index (Phi) is 3.69. The number of nitrogens with one attached hydrogen (secondary N) is 1. The summed E-state index contributed by atoms with van der Waals surface area (Å²) in [5.41, 5.74) is -0.343. The van der Waals surface area contributed by atoms with Crippen LogP contribution in [-0.4, -0.2) is 4.98 Å². The first-order valence-corrected chi connectivity index (χ1v) is 5.81. The zero-order valence-corrected chi connectivity index (χ0v) is 10.8. The van der Waals surface area contributed by atoms with Crippen LogP contribution in [0.15, 0.2) is 22.6 Å². The van der Waals surface area contributed by atoms with Crippen LogP contribution in [-0.2, 0) is 12.7 Å². The maximum absolute atomic E-state index is 13.6. The highest BCUT2D eigenvalue weighted by Gasteiger charge is 2.31. The maximum Gasteiger partial charge on any atom is 0.416 e. The maximum atomic E-state index is 13.6. The lowest BCUT2D eigenvalue weighted by molar-refractivity contribution is -0.137. The van der Waals surface area contributed by atoms with E-state index in [4.69, 9.17) is 4.42 Å². The normalized spacial score (nSPS) is 11.7. The van der Waals surface area contributed by atoms with Gasteiger partial charge >= 0.3 is 6.18 Å². The first-order chi connectivity index (χ1) is 9.27. The number of nitrogens with zero attached hydrogens (tertiary/aromatic N) is 1. The molecule has 2 aromatic rings. The minimum Gasteiger partial charge on any atom is -0.444 e. The van der Waals surface area contributed by atoms with E-state index < -0.39 is 17.6 Å². The van der Waals surface area contributed by atoms with Crippen molar-refractivity contribution in [2.75, 3.05) is 5.32 Å². The van der Waals surface area contributed by atoms with Crippen LogP contribution in [0.1, 0.15) is 22.9 Å². The molecule has 1 aromatic heterocycles. The van der Waals surface area contributed by atoms with Crippen molar-refractivity contribution in [1.29, 1.82) is 0 Å². The number of halogens is 4. The van der Waals surface area contributed by atoms with Gasteiger partial charge in [-0.25, -0.2) is 9.37 Å². The standard InChI is InChI=1S/C13H12F4N2O/c1-7-8(2)20-12(19-7)6-18-11-4-3-9(5-10(11)14)13(15,16)17/h3-5,18H,6H2,1-2H3. The van der Waals surface area contributed by atoms with E-state index in [-0.39, 0.29) is 12.2 Å². The molecule has 1 heterocycles. The molecular weight excluding hydrogens is 276 g/mol. The van der Waals surface area contributed by atoms with Gasteiger partial charge in [0.15, 0.2) is 0 Å². The number of alkyl halides is 3. The van der Waals surface area contributed by atoms with Gasteiger partial charge in [0, 0.05) is 0 Å². The van der Waals surface area contributed by atoms with E-state index in [9.17, 15) is 17.6 Å². The Morgan fingerprint density at radius 2 is 1.95 bits per heavy atom. The number of benzene rings is 1. The lowest BCUT2D eigenvalue weighted by Crippen LogP contribution is -2.07. The summed E-state index contributed by atoms with van der Waals surface area (Å²) < 4.78 is 56.0. The second kappa shape index (κ2) is 5.15. The van der Waals surface area contributed by atoms with E-state index in [2.05, 4.69) is 10.3 Å². The van der Waals surface area contributed by atoms with Crippen LogP contribution in [0.5, 0.6) is 0 Å². The lowest BCUT2D eigenvalue weighted by Gasteiger charge is -2.09. The minimum absolute atomic E-state index is 0.0356. The Bertz CT molecular complexity index is 600. The quantitative estimate of drug-likeness (QED) is 0.865. The van der Waals surface area contributed by atoms with E-state index in [1.807, 2.05) is 0 Å². The molecule has 0 saturated heterocycles. The third kappa shape index (κ3) is 3.09. The summed E-state index contributed by atoms with van der Waals surface area (Å²) in [6, 6.07) is 2.31. The highest BCUT2D eigenvalue weighted by molar-refractivity contribution is 5.46. The van der Waals surface area contributed by atoms with Gasteiger partial charge in [0.05, 0.1) is 23.5 Å². The first kappa shape index (κ1) is 14.4. The smallest absolute Gasteiger partial charge is 0.416 e. The van der Waals surface area contributed by atoms with Gasteiger partial charge in [-0.2, -0.15) is 13.2 Å². The molecule has 0 bridgehead atoms. The van der Waals surface area contributed by atoms with Gasteiger partial charge in [-0.3, -0.25) is 0 Å². The summed E-state index contributed by atoms with van der Waals surface area (Å²) in [4.78, 5) is 4.08.